The number of carbonyl (C=O) groups is 1. The maximum absolute atomic E-state index is 13.2. The van der Waals surface area contributed by atoms with E-state index in [0.29, 0.717) is 5.69 Å². The van der Waals surface area contributed by atoms with Crippen LogP contribution >= 0.6 is 31.9 Å². The lowest BCUT2D eigenvalue weighted by atomic mass is 10.2. The lowest BCUT2D eigenvalue weighted by molar-refractivity contribution is 0.102. The molecule has 19 heavy (non-hydrogen) atoms. The van der Waals surface area contributed by atoms with Gasteiger partial charge in [-0.3, -0.25) is 4.79 Å². The van der Waals surface area contributed by atoms with Gasteiger partial charge in [0.05, 0.1) is 5.69 Å². The fourth-order valence-corrected chi connectivity index (χ4v) is 2.67. The Hall–Kier alpha value is -1.40. The molecule has 0 saturated carbocycles. The summed E-state index contributed by atoms with van der Waals surface area (Å²) in [5.41, 5.74) is 6.48. The second-order valence-corrected chi connectivity index (χ2v) is 5.62. The SMILES string of the molecule is Nc1cc(F)cc(C(=O)Nc2ccc(Br)cc2Br)c1. The van der Waals surface area contributed by atoms with Crippen LogP contribution in [0.25, 0.3) is 0 Å². The van der Waals surface area contributed by atoms with E-state index in [1.54, 1.807) is 18.2 Å². The molecule has 3 N–H and O–H groups in total. The Labute approximate surface area is 126 Å². The van der Waals surface area contributed by atoms with Crippen LogP contribution in [0.2, 0.25) is 0 Å². The molecule has 0 spiro atoms. The Balaban J connectivity index is 2.25. The number of nitrogen functional groups attached to an aromatic ring is 1. The van der Waals surface area contributed by atoms with Crippen LogP contribution < -0.4 is 11.1 Å². The minimum atomic E-state index is -0.542. The molecule has 0 atom stereocenters. The molecule has 0 aliphatic rings. The second-order valence-electron chi connectivity index (χ2n) is 3.85. The molecule has 3 nitrogen and oxygen atoms in total. The van der Waals surface area contributed by atoms with Gasteiger partial charge < -0.3 is 11.1 Å². The minimum absolute atomic E-state index is 0.173. The number of hydrogen-bond acceptors (Lipinski definition) is 2. The number of amides is 1. The van der Waals surface area contributed by atoms with Crippen molar-refractivity contribution in [3.63, 3.8) is 0 Å². The summed E-state index contributed by atoms with van der Waals surface area (Å²) in [5.74, 6) is -0.964. The fourth-order valence-electron chi connectivity index (χ4n) is 1.53. The third-order valence-electron chi connectivity index (χ3n) is 2.36. The average molecular weight is 388 g/mol. The van der Waals surface area contributed by atoms with Gasteiger partial charge in [0.1, 0.15) is 5.82 Å². The molecule has 6 heteroatoms. The summed E-state index contributed by atoms with van der Waals surface area (Å²) >= 11 is 6.65. The molecule has 2 aromatic carbocycles. The first kappa shape index (κ1) is 14.0. The lowest BCUT2D eigenvalue weighted by Gasteiger charge is -2.08. The van der Waals surface area contributed by atoms with Crippen LogP contribution in [0.1, 0.15) is 10.4 Å². The van der Waals surface area contributed by atoms with E-state index in [-0.39, 0.29) is 11.3 Å². The van der Waals surface area contributed by atoms with Crippen LogP contribution in [0.5, 0.6) is 0 Å². The van der Waals surface area contributed by atoms with Crippen LogP contribution in [-0.4, -0.2) is 5.91 Å². The lowest BCUT2D eigenvalue weighted by Crippen LogP contribution is -2.13. The molecule has 0 saturated heterocycles. The zero-order valence-corrected chi connectivity index (χ0v) is 12.8. The van der Waals surface area contributed by atoms with E-state index in [1.807, 2.05) is 0 Å². The molecule has 1 amide bonds. The number of halogens is 3. The molecule has 0 fully saturated rings. The standard InChI is InChI=1S/C13H9Br2FN2O/c14-8-1-2-12(11(15)5-8)18-13(19)7-3-9(16)6-10(17)4-7/h1-6H,17H2,(H,18,19). The van der Waals surface area contributed by atoms with Crippen LogP contribution in [0, 0.1) is 5.82 Å². The Bertz CT molecular complexity index is 626. The highest BCUT2D eigenvalue weighted by atomic mass is 79.9. The quantitative estimate of drug-likeness (QED) is 0.759. The van der Waals surface area contributed by atoms with Crippen molar-refractivity contribution in [2.75, 3.05) is 11.1 Å². The topological polar surface area (TPSA) is 55.1 Å². The van der Waals surface area contributed by atoms with Crippen molar-refractivity contribution in [1.29, 1.82) is 0 Å². The van der Waals surface area contributed by atoms with Gasteiger partial charge in [-0.05, 0) is 52.3 Å². The van der Waals surface area contributed by atoms with Gasteiger partial charge >= 0.3 is 0 Å². The summed E-state index contributed by atoms with van der Waals surface area (Å²) in [6.07, 6.45) is 0. The fraction of sp³-hybridized carbons (Fsp3) is 0. The molecular weight excluding hydrogens is 379 g/mol. The van der Waals surface area contributed by atoms with Crippen molar-refractivity contribution >= 4 is 49.1 Å². The zero-order chi connectivity index (χ0) is 14.0. The second kappa shape index (κ2) is 5.71. The summed E-state index contributed by atoms with van der Waals surface area (Å²) in [5, 5.41) is 2.68. The highest BCUT2D eigenvalue weighted by Crippen LogP contribution is 2.26. The maximum atomic E-state index is 13.2. The van der Waals surface area contributed by atoms with Gasteiger partial charge in [-0.2, -0.15) is 0 Å². The van der Waals surface area contributed by atoms with E-state index < -0.39 is 11.7 Å². The summed E-state index contributed by atoms with van der Waals surface area (Å²) in [6.45, 7) is 0. The molecule has 2 rings (SSSR count). The number of hydrogen-bond donors (Lipinski definition) is 2. The van der Waals surface area contributed by atoms with Crippen LogP contribution in [0.4, 0.5) is 15.8 Å². The monoisotopic (exact) mass is 386 g/mol. The minimum Gasteiger partial charge on any atom is -0.399 e. The third kappa shape index (κ3) is 3.54. The van der Waals surface area contributed by atoms with Crippen molar-refractivity contribution < 1.29 is 9.18 Å². The Kier molecular flexibility index (Phi) is 4.21. The molecule has 2 aromatic rings. The van der Waals surface area contributed by atoms with E-state index in [0.717, 1.165) is 21.1 Å². The van der Waals surface area contributed by atoms with Crippen molar-refractivity contribution in [2.45, 2.75) is 0 Å². The van der Waals surface area contributed by atoms with E-state index in [2.05, 4.69) is 37.2 Å². The van der Waals surface area contributed by atoms with E-state index in [1.165, 1.54) is 6.07 Å². The van der Waals surface area contributed by atoms with Gasteiger partial charge in [-0.1, -0.05) is 15.9 Å². The molecule has 0 aromatic heterocycles. The van der Waals surface area contributed by atoms with Gasteiger partial charge in [-0.15, -0.1) is 0 Å². The predicted octanol–water partition coefficient (Wildman–Crippen LogP) is 4.19. The maximum Gasteiger partial charge on any atom is 0.255 e. The van der Waals surface area contributed by atoms with Crippen molar-refractivity contribution in [3.05, 3.63) is 56.7 Å². The summed E-state index contributed by atoms with van der Waals surface area (Å²) in [6, 6.07) is 9.04. The third-order valence-corrected chi connectivity index (χ3v) is 3.51. The molecule has 98 valence electrons. The highest BCUT2D eigenvalue weighted by Gasteiger charge is 2.10. The van der Waals surface area contributed by atoms with Crippen molar-refractivity contribution in [3.8, 4) is 0 Å². The summed E-state index contributed by atoms with van der Waals surface area (Å²) in [4.78, 5) is 12.0. The molecule has 0 heterocycles. The molecule has 0 radical (unpaired) electrons. The van der Waals surface area contributed by atoms with E-state index in [9.17, 15) is 9.18 Å². The molecule has 0 unspecified atom stereocenters. The average Bonchev–Trinajstić information content (AvgIpc) is 2.31. The largest absolute Gasteiger partial charge is 0.399 e. The van der Waals surface area contributed by atoms with E-state index in [4.69, 9.17) is 5.73 Å². The van der Waals surface area contributed by atoms with Crippen LogP contribution in [0.15, 0.2) is 45.3 Å². The first-order valence-electron chi connectivity index (χ1n) is 5.28. The number of carbonyl (C=O) groups excluding carboxylic acids is 1. The molecule has 0 bridgehead atoms. The van der Waals surface area contributed by atoms with Crippen molar-refractivity contribution in [1.82, 2.24) is 0 Å². The van der Waals surface area contributed by atoms with E-state index >= 15 is 0 Å². The number of benzene rings is 2. The smallest absolute Gasteiger partial charge is 0.255 e. The number of anilines is 2. The molecule has 0 aliphatic carbocycles. The van der Waals surface area contributed by atoms with Gasteiger partial charge in [0, 0.05) is 20.2 Å². The van der Waals surface area contributed by atoms with Gasteiger partial charge in [0.25, 0.3) is 5.91 Å². The number of nitrogens with two attached hydrogens (primary N) is 1. The molecule has 0 aliphatic heterocycles. The van der Waals surface area contributed by atoms with Gasteiger partial charge in [-0.25, -0.2) is 4.39 Å². The number of rotatable bonds is 2. The molecular formula is C13H9Br2FN2O. The Morgan fingerprint density at radius 2 is 1.89 bits per heavy atom. The number of nitrogens with one attached hydrogen (secondary N) is 1. The van der Waals surface area contributed by atoms with Gasteiger partial charge in [0.2, 0.25) is 0 Å². The van der Waals surface area contributed by atoms with Gasteiger partial charge in [0.15, 0.2) is 0 Å². The van der Waals surface area contributed by atoms with Crippen molar-refractivity contribution in [2.24, 2.45) is 0 Å². The van der Waals surface area contributed by atoms with Crippen LogP contribution in [-0.2, 0) is 0 Å². The summed E-state index contributed by atoms with van der Waals surface area (Å²) < 4.78 is 14.8. The normalized spacial score (nSPS) is 10.3. The Morgan fingerprint density at radius 1 is 1.16 bits per heavy atom. The predicted molar refractivity (Wildman–Crippen MR) is 80.6 cm³/mol. The van der Waals surface area contributed by atoms with Crippen LogP contribution in [0.3, 0.4) is 0 Å². The highest BCUT2D eigenvalue weighted by molar-refractivity contribution is 9.11. The summed E-state index contributed by atoms with van der Waals surface area (Å²) in [7, 11) is 0. The zero-order valence-electron chi connectivity index (χ0n) is 9.58. The first-order chi connectivity index (χ1) is 8.95. The first-order valence-corrected chi connectivity index (χ1v) is 6.87. The Morgan fingerprint density at radius 3 is 2.53 bits per heavy atom.